The first kappa shape index (κ1) is 22.5. The molecule has 0 radical (unpaired) electrons. The third kappa shape index (κ3) is 6.96. The van der Waals surface area contributed by atoms with Crippen molar-refractivity contribution in [2.75, 3.05) is 13.7 Å². The van der Waals surface area contributed by atoms with E-state index in [2.05, 4.69) is 5.32 Å². The predicted octanol–water partition coefficient (Wildman–Crippen LogP) is 3.24. The van der Waals surface area contributed by atoms with E-state index in [9.17, 15) is 14.4 Å². The van der Waals surface area contributed by atoms with Crippen LogP contribution in [0.4, 0.5) is 9.59 Å². The highest BCUT2D eigenvalue weighted by molar-refractivity contribution is 5.83. The number of piperidine rings is 1. The lowest BCUT2D eigenvalue weighted by molar-refractivity contribution is -0.145. The van der Waals surface area contributed by atoms with Crippen molar-refractivity contribution in [1.82, 2.24) is 10.2 Å². The van der Waals surface area contributed by atoms with Crippen molar-refractivity contribution in [2.45, 2.75) is 64.3 Å². The summed E-state index contributed by atoms with van der Waals surface area (Å²) in [5.41, 5.74) is 0.160. The smallest absolute Gasteiger partial charge is 0.410 e. The highest BCUT2D eigenvalue weighted by Crippen LogP contribution is 2.23. The SMILES string of the molecule is COC(=O)C(NC(=O)OCc1ccccc1)C1CCCCN1C(=O)OC(C)(C)C. The summed E-state index contributed by atoms with van der Waals surface area (Å²) in [7, 11) is 1.24. The number of ether oxygens (including phenoxy) is 3. The van der Waals surface area contributed by atoms with Crippen LogP contribution in [-0.2, 0) is 25.6 Å². The van der Waals surface area contributed by atoms with Gasteiger partial charge in [0.15, 0.2) is 6.04 Å². The van der Waals surface area contributed by atoms with Gasteiger partial charge in [-0.1, -0.05) is 30.3 Å². The summed E-state index contributed by atoms with van der Waals surface area (Å²) in [6.07, 6.45) is 0.882. The molecule has 2 rings (SSSR count). The molecule has 29 heavy (non-hydrogen) atoms. The molecule has 8 heteroatoms. The average molecular weight is 406 g/mol. The summed E-state index contributed by atoms with van der Waals surface area (Å²) in [6.45, 7) is 5.84. The van der Waals surface area contributed by atoms with Crippen molar-refractivity contribution >= 4 is 18.2 Å². The Morgan fingerprint density at radius 2 is 1.86 bits per heavy atom. The van der Waals surface area contributed by atoms with Crippen LogP contribution in [-0.4, -0.2) is 54.4 Å². The van der Waals surface area contributed by atoms with E-state index < -0.39 is 35.8 Å². The molecule has 0 spiro atoms. The number of hydrogen-bond acceptors (Lipinski definition) is 6. The predicted molar refractivity (Wildman–Crippen MR) is 106 cm³/mol. The topological polar surface area (TPSA) is 94.2 Å². The molecule has 1 aromatic rings. The van der Waals surface area contributed by atoms with Crippen LogP contribution in [0.15, 0.2) is 30.3 Å². The zero-order valence-electron chi connectivity index (χ0n) is 17.5. The highest BCUT2D eigenvalue weighted by atomic mass is 16.6. The number of methoxy groups -OCH3 is 1. The fourth-order valence-corrected chi connectivity index (χ4v) is 3.18. The number of hydrogen-bond donors (Lipinski definition) is 1. The van der Waals surface area contributed by atoms with Gasteiger partial charge in [0.1, 0.15) is 12.2 Å². The Balaban J connectivity index is 2.08. The fourth-order valence-electron chi connectivity index (χ4n) is 3.18. The van der Waals surface area contributed by atoms with E-state index in [0.717, 1.165) is 18.4 Å². The van der Waals surface area contributed by atoms with Gasteiger partial charge in [0.2, 0.25) is 0 Å². The lowest BCUT2D eigenvalue weighted by Crippen LogP contribution is -2.59. The summed E-state index contributed by atoms with van der Waals surface area (Å²) in [4.78, 5) is 38.9. The lowest BCUT2D eigenvalue weighted by Gasteiger charge is -2.39. The highest BCUT2D eigenvalue weighted by Gasteiger charge is 2.40. The number of rotatable bonds is 5. The maximum atomic E-state index is 12.6. The monoisotopic (exact) mass is 406 g/mol. The van der Waals surface area contributed by atoms with Crippen LogP contribution in [0.2, 0.25) is 0 Å². The van der Waals surface area contributed by atoms with E-state index in [0.29, 0.717) is 13.0 Å². The molecule has 1 saturated heterocycles. The van der Waals surface area contributed by atoms with E-state index in [4.69, 9.17) is 14.2 Å². The number of alkyl carbamates (subject to hydrolysis) is 1. The lowest BCUT2D eigenvalue weighted by atomic mass is 9.96. The van der Waals surface area contributed by atoms with E-state index >= 15 is 0 Å². The molecule has 0 aromatic heterocycles. The second-order valence-electron chi connectivity index (χ2n) is 7.94. The zero-order valence-corrected chi connectivity index (χ0v) is 17.5. The average Bonchev–Trinajstić information content (AvgIpc) is 2.69. The van der Waals surface area contributed by atoms with Crippen molar-refractivity contribution in [3.63, 3.8) is 0 Å². The molecular formula is C21H30N2O6. The van der Waals surface area contributed by atoms with Gasteiger partial charge in [0.05, 0.1) is 13.2 Å². The minimum atomic E-state index is -1.05. The van der Waals surface area contributed by atoms with Gasteiger partial charge in [-0.25, -0.2) is 14.4 Å². The van der Waals surface area contributed by atoms with Crippen LogP contribution in [0.25, 0.3) is 0 Å². The number of carbonyl (C=O) groups excluding carboxylic acids is 3. The minimum absolute atomic E-state index is 0.0704. The van der Waals surface area contributed by atoms with Crippen LogP contribution in [0, 0.1) is 0 Å². The van der Waals surface area contributed by atoms with Gasteiger partial charge in [-0.2, -0.15) is 0 Å². The molecule has 2 atom stereocenters. The molecule has 0 bridgehead atoms. The number of likely N-dealkylation sites (tertiary alicyclic amines) is 1. The van der Waals surface area contributed by atoms with Crippen molar-refractivity contribution in [1.29, 1.82) is 0 Å². The molecule has 0 saturated carbocycles. The Hall–Kier alpha value is -2.77. The van der Waals surface area contributed by atoms with E-state index in [1.807, 2.05) is 30.3 Å². The molecule has 1 N–H and O–H groups in total. The zero-order chi connectivity index (χ0) is 21.4. The first-order valence-electron chi connectivity index (χ1n) is 9.76. The first-order valence-corrected chi connectivity index (χ1v) is 9.76. The first-order chi connectivity index (χ1) is 13.7. The molecule has 8 nitrogen and oxygen atoms in total. The third-order valence-corrected chi connectivity index (χ3v) is 4.50. The molecule has 160 valence electrons. The van der Waals surface area contributed by atoms with Gasteiger partial charge in [-0.3, -0.25) is 0 Å². The van der Waals surface area contributed by atoms with Crippen molar-refractivity contribution < 1.29 is 28.6 Å². The summed E-state index contributed by atoms with van der Waals surface area (Å²) >= 11 is 0. The van der Waals surface area contributed by atoms with Gasteiger partial charge in [0.25, 0.3) is 0 Å². The largest absolute Gasteiger partial charge is 0.467 e. The number of nitrogens with one attached hydrogen (secondary N) is 1. The second kappa shape index (κ2) is 10.1. The summed E-state index contributed by atoms with van der Waals surface area (Å²) in [6, 6.07) is 7.59. The van der Waals surface area contributed by atoms with Crippen LogP contribution in [0.1, 0.15) is 45.6 Å². The number of benzene rings is 1. The van der Waals surface area contributed by atoms with Gasteiger partial charge in [-0.15, -0.1) is 0 Å². The van der Waals surface area contributed by atoms with E-state index in [1.165, 1.54) is 12.0 Å². The van der Waals surface area contributed by atoms with Crippen LogP contribution >= 0.6 is 0 Å². The third-order valence-electron chi connectivity index (χ3n) is 4.50. The maximum absolute atomic E-state index is 12.6. The Morgan fingerprint density at radius 1 is 1.17 bits per heavy atom. The quantitative estimate of drug-likeness (QED) is 0.596. The molecule has 2 unspecified atom stereocenters. The van der Waals surface area contributed by atoms with Crippen LogP contribution < -0.4 is 5.32 Å². The van der Waals surface area contributed by atoms with Gasteiger partial charge < -0.3 is 24.4 Å². The Bertz CT molecular complexity index is 701. The molecule has 1 aliphatic rings. The standard InChI is InChI=1S/C21H30N2O6/c1-21(2,3)29-20(26)23-13-9-8-12-16(23)17(18(24)27-4)22-19(25)28-14-15-10-6-5-7-11-15/h5-7,10-11,16-17H,8-9,12-14H2,1-4H3,(H,22,25). The molecule has 1 fully saturated rings. The van der Waals surface area contributed by atoms with Gasteiger partial charge in [-0.05, 0) is 45.6 Å². The van der Waals surface area contributed by atoms with E-state index in [-0.39, 0.29) is 6.61 Å². The van der Waals surface area contributed by atoms with E-state index in [1.54, 1.807) is 20.8 Å². The second-order valence-corrected chi connectivity index (χ2v) is 7.94. The maximum Gasteiger partial charge on any atom is 0.410 e. The minimum Gasteiger partial charge on any atom is -0.467 e. The van der Waals surface area contributed by atoms with Crippen molar-refractivity contribution in [3.05, 3.63) is 35.9 Å². The number of esters is 1. The summed E-state index contributed by atoms with van der Waals surface area (Å²) < 4.78 is 15.6. The number of carbonyl (C=O) groups is 3. The Morgan fingerprint density at radius 3 is 2.48 bits per heavy atom. The Labute approximate surface area is 171 Å². The molecular weight excluding hydrogens is 376 g/mol. The van der Waals surface area contributed by atoms with Gasteiger partial charge >= 0.3 is 18.2 Å². The molecule has 0 aliphatic carbocycles. The fraction of sp³-hybridized carbons (Fsp3) is 0.571. The Kier molecular flexibility index (Phi) is 7.87. The summed E-state index contributed by atoms with van der Waals surface area (Å²) in [5, 5.41) is 2.57. The number of nitrogens with zero attached hydrogens (tertiary/aromatic N) is 1. The van der Waals surface area contributed by atoms with Gasteiger partial charge in [0, 0.05) is 6.54 Å². The summed E-state index contributed by atoms with van der Waals surface area (Å²) in [5.74, 6) is -0.637. The normalized spacial score (nSPS) is 17.8. The van der Waals surface area contributed by atoms with Crippen LogP contribution in [0.3, 0.4) is 0 Å². The van der Waals surface area contributed by atoms with Crippen molar-refractivity contribution in [3.8, 4) is 0 Å². The number of amides is 2. The molecule has 1 heterocycles. The van der Waals surface area contributed by atoms with Crippen molar-refractivity contribution in [2.24, 2.45) is 0 Å². The molecule has 2 amide bonds. The molecule has 1 aliphatic heterocycles. The van der Waals surface area contributed by atoms with Crippen LogP contribution in [0.5, 0.6) is 0 Å². The molecule has 1 aromatic carbocycles.